The van der Waals surface area contributed by atoms with Crippen LogP contribution in [0.1, 0.15) is 36.0 Å². The summed E-state index contributed by atoms with van der Waals surface area (Å²) in [5.74, 6) is 1.68. The SMILES string of the molecule is Cl.Cl.O=C1COc2cc(C(=O)NC[C@H]3[C@@H]4CNC[C@@H](C4)[C@@H]4CCCCN43)ccc2N1. The van der Waals surface area contributed by atoms with Crippen molar-refractivity contribution in [3.63, 3.8) is 0 Å². The molecular weight excluding hydrogens is 427 g/mol. The fourth-order valence-corrected chi connectivity index (χ4v) is 5.56. The van der Waals surface area contributed by atoms with Gasteiger partial charge in [0.15, 0.2) is 6.61 Å². The van der Waals surface area contributed by atoms with Crippen molar-refractivity contribution in [3.05, 3.63) is 23.8 Å². The first-order valence-corrected chi connectivity index (χ1v) is 10.5. The fourth-order valence-electron chi connectivity index (χ4n) is 5.56. The Morgan fingerprint density at radius 2 is 2.03 bits per heavy atom. The van der Waals surface area contributed by atoms with Gasteiger partial charge in [-0.15, -0.1) is 24.8 Å². The first kappa shape index (κ1) is 23.1. The average molecular weight is 457 g/mol. The summed E-state index contributed by atoms with van der Waals surface area (Å²) >= 11 is 0. The zero-order chi connectivity index (χ0) is 19.1. The highest BCUT2D eigenvalue weighted by Crippen LogP contribution is 2.38. The number of halogens is 2. The Hall–Kier alpha value is -1.54. The molecule has 1 aromatic carbocycles. The minimum absolute atomic E-state index is 0. The van der Waals surface area contributed by atoms with Crippen LogP contribution in [0, 0.1) is 11.8 Å². The second-order valence-electron chi connectivity index (χ2n) is 8.54. The lowest BCUT2D eigenvalue weighted by molar-refractivity contribution is -0.118. The molecule has 4 aliphatic heterocycles. The van der Waals surface area contributed by atoms with E-state index in [-0.39, 0.29) is 43.2 Å². The maximum Gasteiger partial charge on any atom is 0.262 e. The lowest BCUT2D eigenvalue weighted by Gasteiger charge is -2.55. The van der Waals surface area contributed by atoms with E-state index < -0.39 is 0 Å². The highest BCUT2D eigenvalue weighted by molar-refractivity contribution is 5.99. The maximum absolute atomic E-state index is 12.8. The summed E-state index contributed by atoms with van der Waals surface area (Å²) in [7, 11) is 0. The number of carbonyl (C=O) groups excluding carboxylic acids is 2. The van der Waals surface area contributed by atoms with Gasteiger partial charge in [0.25, 0.3) is 11.8 Å². The average Bonchev–Trinajstić information content (AvgIpc) is 2.73. The van der Waals surface area contributed by atoms with Gasteiger partial charge in [0, 0.05) is 24.2 Å². The van der Waals surface area contributed by atoms with Gasteiger partial charge in [0.05, 0.1) is 5.69 Å². The van der Waals surface area contributed by atoms with Gasteiger partial charge < -0.3 is 20.7 Å². The first-order chi connectivity index (χ1) is 13.7. The third-order valence-electron chi connectivity index (χ3n) is 6.87. The van der Waals surface area contributed by atoms with Crippen molar-refractivity contribution in [1.82, 2.24) is 15.5 Å². The number of hydrogen-bond acceptors (Lipinski definition) is 5. The molecule has 0 saturated carbocycles. The zero-order valence-corrected chi connectivity index (χ0v) is 18.5. The summed E-state index contributed by atoms with van der Waals surface area (Å²) in [5, 5.41) is 9.54. The minimum Gasteiger partial charge on any atom is -0.482 e. The topological polar surface area (TPSA) is 82.7 Å². The highest BCUT2D eigenvalue weighted by Gasteiger charge is 2.45. The molecule has 30 heavy (non-hydrogen) atoms. The molecule has 4 aliphatic rings. The largest absolute Gasteiger partial charge is 0.482 e. The molecule has 3 saturated heterocycles. The van der Waals surface area contributed by atoms with Crippen molar-refractivity contribution >= 4 is 42.3 Å². The second kappa shape index (κ2) is 9.73. The van der Waals surface area contributed by atoms with Crippen LogP contribution in [-0.4, -0.2) is 61.6 Å². The van der Waals surface area contributed by atoms with Crippen LogP contribution in [0.5, 0.6) is 5.75 Å². The van der Waals surface area contributed by atoms with Crippen molar-refractivity contribution in [2.24, 2.45) is 11.8 Å². The molecule has 3 N–H and O–H groups in total. The van der Waals surface area contributed by atoms with Crippen LogP contribution in [0.25, 0.3) is 0 Å². The molecule has 4 atom stereocenters. The third kappa shape index (κ3) is 4.40. The molecule has 4 heterocycles. The lowest BCUT2D eigenvalue weighted by atomic mass is 9.73. The molecule has 0 aliphatic carbocycles. The molecule has 9 heteroatoms. The quantitative estimate of drug-likeness (QED) is 0.648. The Morgan fingerprint density at radius 1 is 1.20 bits per heavy atom. The van der Waals surface area contributed by atoms with Crippen LogP contribution in [0.4, 0.5) is 5.69 Å². The number of benzene rings is 1. The first-order valence-electron chi connectivity index (χ1n) is 10.5. The monoisotopic (exact) mass is 456 g/mol. The maximum atomic E-state index is 12.8. The summed E-state index contributed by atoms with van der Waals surface area (Å²) in [6.45, 7) is 4.02. The normalized spacial score (nSPS) is 29.7. The van der Waals surface area contributed by atoms with Crippen LogP contribution in [0.15, 0.2) is 18.2 Å². The number of anilines is 1. The molecule has 5 rings (SSSR count). The predicted octanol–water partition coefficient (Wildman–Crippen LogP) is 2.05. The Morgan fingerprint density at radius 3 is 2.90 bits per heavy atom. The molecule has 2 bridgehead atoms. The van der Waals surface area contributed by atoms with E-state index in [1.807, 2.05) is 0 Å². The standard InChI is InChI=1S/C21H28N4O3.2ClH/c26-20-12-28-19-8-13(4-5-16(19)24-20)21(27)23-11-18-15-7-14(9-22-10-15)17-3-1-2-6-25(17)18;;/h4-5,8,14-15,17-18,22H,1-3,6-7,9-12H2,(H,23,27)(H,24,26);2*1H/t14-,15+,17+,18+;;/m1../s1. The van der Waals surface area contributed by atoms with E-state index in [0.29, 0.717) is 41.5 Å². The summed E-state index contributed by atoms with van der Waals surface area (Å²) in [6, 6.07) is 6.27. The van der Waals surface area contributed by atoms with Gasteiger partial charge >= 0.3 is 0 Å². The van der Waals surface area contributed by atoms with Crippen LogP contribution in [0.2, 0.25) is 0 Å². The summed E-state index contributed by atoms with van der Waals surface area (Å²) in [5.41, 5.74) is 1.19. The van der Waals surface area contributed by atoms with Gasteiger partial charge in [-0.3, -0.25) is 14.5 Å². The smallest absolute Gasteiger partial charge is 0.262 e. The lowest BCUT2D eigenvalue weighted by Crippen LogP contribution is -2.65. The van der Waals surface area contributed by atoms with E-state index in [1.165, 1.54) is 25.7 Å². The van der Waals surface area contributed by atoms with Crippen LogP contribution < -0.4 is 20.7 Å². The molecule has 1 aromatic rings. The number of piperidine rings is 3. The van der Waals surface area contributed by atoms with Crippen LogP contribution in [0.3, 0.4) is 0 Å². The second-order valence-corrected chi connectivity index (χ2v) is 8.54. The molecule has 0 spiro atoms. The van der Waals surface area contributed by atoms with Gasteiger partial charge in [0.1, 0.15) is 5.75 Å². The number of carbonyl (C=O) groups is 2. The molecule has 2 amide bonds. The van der Waals surface area contributed by atoms with Crippen molar-refractivity contribution in [2.75, 3.05) is 38.1 Å². The molecular formula is C21H30Cl2N4O3. The summed E-state index contributed by atoms with van der Waals surface area (Å²) < 4.78 is 5.44. The van der Waals surface area contributed by atoms with Gasteiger partial charge in [0.2, 0.25) is 0 Å². The molecule has 7 nitrogen and oxygen atoms in total. The zero-order valence-electron chi connectivity index (χ0n) is 16.9. The number of amides is 2. The van der Waals surface area contributed by atoms with E-state index in [4.69, 9.17) is 4.74 Å². The van der Waals surface area contributed by atoms with E-state index in [1.54, 1.807) is 18.2 Å². The Labute approximate surface area is 189 Å². The number of hydrogen-bond donors (Lipinski definition) is 3. The van der Waals surface area contributed by atoms with Crippen LogP contribution >= 0.6 is 24.8 Å². The molecule has 0 unspecified atom stereocenters. The van der Waals surface area contributed by atoms with E-state index >= 15 is 0 Å². The number of rotatable bonds is 3. The van der Waals surface area contributed by atoms with Crippen molar-refractivity contribution in [1.29, 1.82) is 0 Å². The fraction of sp³-hybridized carbons (Fsp3) is 0.619. The molecule has 166 valence electrons. The summed E-state index contributed by atoms with van der Waals surface area (Å²) in [6.07, 6.45) is 5.16. The Bertz CT molecular complexity index is 794. The number of nitrogens with one attached hydrogen (secondary N) is 3. The van der Waals surface area contributed by atoms with Crippen molar-refractivity contribution in [3.8, 4) is 5.75 Å². The van der Waals surface area contributed by atoms with Crippen molar-refractivity contribution in [2.45, 2.75) is 37.8 Å². The van der Waals surface area contributed by atoms with E-state index in [0.717, 1.165) is 25.6 Å². The van der Waals surface area contributed by atoms with Crippen LogP contribution in [-0.2, 0) is 4.79 Å². The number of nitrogens with zero attached hydrogens (tertiary/aromatic N) is 1. The van der Waals surface area contributed by atoms with Gasteiger partial charge in [-0.1, -0.05) is 6.42 Å². The summed E-state index contributed by atoms with van der Waals surface area (Å²) in [4.78, 5) is 26.9. The molecule has 0 radical (unpaired) electrons. The van der Waals surface area contributed by atoms with E-state index in [2.05, 4.69) is 20.9 Å². The van der Waals surface area contributed by atoms with E-state index in [9.17, 15) is 9.59 Å². The number of ether oxygens (including phenoxy) is 1. The molecule has 3 fully saturated rings. The third-order valence-corrected chi connectivity index (χ3v) is 6.87. The minimum atomic E-state index is -0.169. The molecule has 0 aromatic heterocycles. The highest BCUT2D eigenvalue weighted by atomic mass is 35.5. The van der Waals surface area contributed by atoms with Gasteiger partial charge in [-0.2, -0.15) is 0 Å². The Balaban J connectivity index is 0.00000128. The van der Waals surface area contributed by atoms with Gasteiger partial charge in [-0.25, -0.2) is 0 Å². The Kier molecular flexibility index (Phi) is 7.50. The van der Waals surface area contributed by atoms with Crippen molar-refractivity contribution < 1.29 is 14.3 Å². The van der Waals surface area contributed by atoms with Gasteiger partial charge in [-0.05, 0) is 68.9 Å². The number of fused-ring (bicyclic) bond motifs is 5. The predicted molar refractivity (Wildman–Crippen MR) is 120 cm³/mol.